The molecule has 0 aliphatic rings. The molecule has 0 fully saturated rings. The molecule has 0 aromatic carbocycles. The third-order valence-electron chi connectivity index (χ3n) is 1.57. The van der Waals surface area contributed by atoms with Gasteiger partial charge < -0.3 is 5.73 Å². The lowest BCUT2D eigenvalue weighted by molar-refractivity contribution is 0.401. The maximum absolute atomic E-state index is 5.39. The van der Waals surface area contributed by atoms with Crippen molar-refractivity contribution in [1.82, 2.24) is 15.2 Å². The number of anilines is 1. The van der Waals surface area contributed by atoms with E-state index in [-0.39, 0.29) is 0 Å². The van der Waals surface area contributed by atoms with Crippen molar-refractivity contribution in [3.05, 3.63) is 0 Å². The summed E-state index contributed by atoms with van der Waals surface area (Å²) in [6.45, 7) is 6.67. The van der Waals surface area contributed by atoms with Gasteiger partial charge in [0.15, 0.2) is 0 Å². The fraction of sp³-hybridized carbons (Fsp3) is 0.750. The summed E-state index contributed by atoms with van der Waals surface area (Å²) < 4.78 is 0. The first-order valence-electron chi connectivity index (χ1n) is 4.28. The number of thioether (sulfide) groups is 1. The fourth-order valence-corrected chi connectivity index (χ4v) is 1.94. The molecule has 3 N–H and O–H groups in total. The first kappa shape index (κ1) is 10.4. The van der Waals surface area contributed by atoms with Crippen molar-refractivity contribution in [3.63, 3.8) is 0 Å². The number of hydrogen-bond acceptors (Lipinski definition) is 4. The molecule has 0 amide bonds. The smallest absolute Gasteiger partial charge is 0.216 e. The Morgan fingerprint density at radius 3 is 2.62 bits per heavy atom. The van der Waals surface area contributed by atoms with Crippen LogP contribution in [0.3, 0.4) is 0 Å². The van der Waals surface area contributed by atoms with E-state index in [1.54, 1.807) is 11.8 Å². The molecule has 0 atom stereocenters. The standard InChI is InChI=1S/C8H16N4S/c1-8(2,3)4-5-13-7-10-6(9)11-12-7/h4-5H2,1-3H3,(H3,9,10,11,12). The third kappa shape index (κ3) is 4.17. The van der Waals surface area contributed by atoms with E-state index in [0.29, 0.717) is 11.4 Å². The van der Waals surface area contributed by atoms with Crippen LogP contribution in [0, 0.1) is 5.41 Å². The van der Waals surface area contributed by atoms with Gasteiger partial charge in [0.2, 0.25) is 11.1 Å². The molecule has 13 heavy (non-hydrogen) atoms. The SMILES string of the molecule is CC(C)(C)CCSc1n[nH]c(N)n1. The van der Waals surface area contributed by atoms with Crippen LogP contribution in [0.1, 0.15) is 27.2 Å². The second kappa shape index (κ2) is 4.00. The van der Waals surface area contributed by atoms with Gasteiger partial charge >= 0.3 is 0 Å². The van der Waals surface area contributed by atoms with Crippen LogP contribution < -0.4 is 5.73 Å². The summed E-state index contributed by atoms with van der Waals surface area (Å²) in [6.07, 6.45) is 1.14. The molecule has 5 heteroatoms. The van der Waals surface area contributed by atoms with E-state index in [4.69, 9.17) is 5.73 Å². The van der Waals surface area contributed by atoms with Crippen molar-refractivity contribution in [2.75, 3.05) is 11.5 Å². The lowest BCUT2D eigenvalue weighted by Gasteiger charge is -2.16. The van der Waals surface area contributed by atoms with Gasteiger partial charge in [-0.05, 0) is 11.8 Å². The Labute approximate surface area is 82.7 Å². The second-order valence-electron chi connectivity index (χ2n) is 4.16. The Morgan fingerprint density at radius 2 is 2.15 bits per heavy atom. The summed E-state index contributed by atoms with van der Waals surface area (Å²) in [5.41, 5.74) is 5.76. The molecule has 0 saturated carbocycles. The molecular weight excluding hydrogens is 184 g/mol. The summed E-state index contributed by atoms with van der Waals surface area (Å²) in [7, 11) is 0. The Kier molecular flexibility index (Phi) is 3.19. The Bertz CT molecular complexity index is 263. The summed E-state index contributed by atoms with van der Waals surface area (Å²) in [4.78, 5) is 4.00. The molecule has 1 aromatic rings. The van der Waals surface area contributed by atoms with Crippen LogP contribution >= 0.6 is 11.8 Å². The minimum Gasteiger partial charge on any atom is -0.368 e. The van der Waals surface area contributed by atoms with E-state index in [9.17, 15) is 0 Å². The van der Waals surface area contributed by atoms with Gasteiger partial charge in [-0.15, -0.1) is 5.10 Å². The fourth-order valence-electron chi connectivity index (χ4n) is 0.771. The number of nitrogens with zero attached hydrogens (tertiary/aromatic N) is 2. The number of aromatic nitrogens is 3. The number of H-pyrrole nitrogens is 1. The van der Waals surface area contributed by atoms with Crippen LogP contribution in [0.25, 0.3) is 0 Å². The van der Waals surface area contributed by atoms with Gasteiger partial charge in [-0.25, -0.2) is 5.10 Å². The maximum Gasteiger partial charge on any atom is 0.216 e. The number of aromatic amines is 1. The minimum atomic E-state index is 0.370. The van der Waals surface area contributed by atoms with Crippen LogP contribution in [0.15, 0.2) is 5.16 Å². The van der Waals surface area contributed by atoms with Gasteiger partial charge in [-0.1, -0.05) is 32.5 Å². The molecule has 1 heterocycles. The van der Waals surface area contributed by atoms with E-state index in [0.717, 1.165) is 17.3 Å². The quantitative estimate of drug-likeness (QED) is 0.731. The van der Waals surface area contributed by atoms with Crippen molar-refractivity contribution < 1.29 is 0 Å². The molecule has 0 unspecified atom stereocenters. The Balaban J connectivity index is 2.28. The highest BCUT2D eigenvalue weighted by molar-refractivity contribution is 7.99. The molecule has 0 bridgehead atoms. The van der Waals surface area contributed by atoms with Gasteiger partial charge in [0.25, 0.3) is 0 Å². The van der Waals surface area contributed by atoms with E-state index < -0.39 is 0 Å². The average Bonchev–Trinajstić information content (AvgIpc) is 2.33. The Hall–Kier alpha value is -0.710. The number of nitrogens with one attached hydrogen (secondary N) is 1. The van der Waals surface area contributed by atoms with Gasteiger partial charge in [-0.2, -0.15) is 4.98 Å². The van der Waals surface area contributed by atoms with Gasteiger partial charge in [0.1, 0.15) is 0 Å². The molecule has 0 aliphatic heterocycles. The van der Waals surface area contributed by atoms with Crippen LogP contribution in [0.2, 0.25) is 0 Å². The monoisotopic (exact) mass is 200 g/mol. The zero-order valence-corrected chi connectivity index (χ0v) is 9.11. The van der Waals surface area contributed by atoms with Gasteiger partial charge in [-0.3, -0.25) is 0 Å². The molecule has 1 rings (SSSR count). The maximum atomic E-state index is 5.39. The van der Waals surface area contributed by atoms with Crippen LogP contribution in [0.5, 0.6) is 0 Å². The summed E-state index contributed by atoms with van der Waals surface area (Å²) in [5, 5.41) is 7.29. The highest BCUT2D eigenvalue weighted by atomic mass is 32.2. The second-order valence-corrected chi connectivity index (χ2v) is 5.22. The summed E-state index contributed by atoms with van der Waals surface area (Å²) >= 11 is 1.63. The highest BCUT2D eigenvalue weighted by Crippen LogP contribution is 2.23. The van der Waals surface area contributed by atoms with E-state index >= 15 is 0 Å². The van der Waals surface area contributed by atoms with Crippen LogP contribution in [-0.2, 0) is 0 Å². The third-order valence-corrected chi connectivity index (χ3v) is 2.41. The van der Waals surface area contributed by atoms with Crippen LogP contribution in [-0.4, -0.2) is 20.9 Å². The molecule has 1 aromatic heterocycles. The predicted molar refractivity (Wildman–Crippen MR) is 55.6 cm³/mol. The molecule has 0 aliphatic carbocycles. The predicted octanol–water partition coefficient (Wildman–Crippen LogP) is 1.92. The molecule has 0 saturated heterocycles. The van der Waals surface area contributed by atoms with E-state index in [1.165, 1.54) is 0 Å². The van der Waals surface area contributed by atoms with Gasteiger partial charge in [0.05, 0.1) is 0 Å². The van der Waals surface area contributed by atoms with Crippen LogP contribution in [0.4, 0.5) is 5.95 Å². The van der Waals surface area contributed by atoms with Crippen molar-refractivity contribution in [2.45, 2.75) is 32.3 Å². The van der Waals surface area contributed by atoms with Crippen molar-refractivity contribution in [2.24, 2.45) is 5.41 Å². The number of hydrogen-bond donors (Lipinski definition) is 2. The number of nitrogens with two attached hydrogens (primary N) is 1. The average molecular weight is 200 g/mol. The van der Waals surface area contributed by atoms with Crippen molar-refractivity contribution >= 4 is 17.7 Å². The summed E-state index contributed by atoms with van der Waals surface area (Å²) in [6, 6.07) is 0. The highest BCUT2D eigenvalue weighted by Gasteiger charge is 2.10. The molecule has 4 nitrogen and oxygen atoms in total. The first-order valence-corrected chi connectivity index (χ1v) is 5.27. The number of rotatable bonds is 3. The van der Waals surface area contributed by atoms with E-state index in [1.807, 2.05) is 0 Å². The van der Waals surface area contributed by atoms with E-state index in [2.05, 4.69) is 36.0 Å². The molecule has 0 spiro atoms. The first-order chi connectivity index (χ1) is 5.97. The summed E-state index contributed by atoms with van der Waals surface area (Å²) in [5.74, 6) is 1.42. The largest absolute Gasteiger partial charge is 0.368 e. The lowest BCUT2D eigenvalue weighted by atomic mass is 9.94. The Morgan fingerprint density at radius 1 is 1.46 bits per heavy atom. The zero-order chi connectivity index (χ0) is 9.90. The number of nitrogen functional groups attached to an aromatic ring is 1. The normalized spacial score (nSPS) is 11.9. The molecule has 0 radical (unpaired) electrons. The molecular formula is C8H16N4S. The van der Waals surface area contributed by atoms with Crippen molar-refractivity contribution in [1.29, 1.82) is 0 Å². The van der Waals surface area contributed by atoms with Crippen molar-refractivity contribution in [3.8, 4) is 0 Å². The lowest BCUT2D eigenvalue weighted by Crippen LogP contribution is -2.05. The zero-order valence-electron chi connectivity index (χ0n) is 8.29. The minimum absolute atomic E-state index is 0.370. The van der Waals surface area contributed by atoms with Gasteiger partial charge in [0, 0.05) is 5.75 Å². The molecule has 74 valence electrons. The topological polar surface area (TPSA) is 67.6 Å².